The van der Waals surface area contributed by atoms with Gasteiger partial charge in [0.2, 0.25) is 5.91 Å². The van der Waals surface area contributed by atoms with Crippen molar-refractivity contribution in [3.05, 3.63) is 54.0 Å². The van der Waals surface area contributed by atoms with E-state index in [1.165, 1.54) is 0 Å². The second-order valence-electron chi connectivity index (χ2n) is 8.25. The molecular weight excluding hydrogens is 366 g/mol. The van der Waals surface area contributed by atoms with Gasteiger partial charge in [0, 0.05) is 36.9 Å². The molecule has 3 atom stereocenters. The molecule has 7 nitrogen and oxygen atoms in total. The van der Waals surface area contributed by atoms with Crippen molar-refractivity contribution in [2.45, 2.75) is 31.3 Å². The number of aromatic nitrogens is 3. The Hall–Kier alpha value is -3.22. The Labute approximate surface area is 167 Å². The van der Waals surface area contributed by atoms with E-state index in [1.807, 2.05) is 41.4 Å². The quantitative estimate of drug-likeness (QED) is 0.682. The number of nitrogens with one attached hydrogen (secondary N) is 1. The van der Waals surface area contributed by atoms with E-state index >= 15 is 0 Å². The number of hydrogen-bond donors (Lipinski definition) is 1. The topological polar surface area (TPSA) is 82.2 Å². The lowest BCUT2D eigenvalue weighted by Gasteiger charge is -2.42. The minimum atomic E-state index is -0.558. The highest BCUT2D eigenvalue weighted by Gasteiger charge is 2.47. The van der Waals surface area contributed by atoms with E-state index in [4.69, 9.17) is 0 Å². The first-order chi connectivity index (χ1) is 14.2. The SMILES string of the molecule is O=C1c2ccccc2CC1C(=O)N1C2CCC1CN(c1ncnc3[nH]ccc13)C2. The van der Waals surface area contributed by atoms with E-state index < -0.39 is 5.92 Å². The number of piperazine rings is 1. The van der Waals surface area contributed by atoms with Gasteiger partial charge in [0.1, 0.15) is 23.7 Å². The molecular formula is C22H21N5O2. The minimum Gasteiger partial charge on any atom is -0.352 e. The van der Waals surface area contributed by atoms with Crippen molar-refractivity contribution in [3.63, 3.8) is 0 Å². The highest BCUT2D eigenvalue weighted by molar-refractivity contribution is 6.13. The van der Waals surface area contributed by atoms with Crippen LogP contribution in [-0.4, -0.2) is 56.7 Å². The molecule has 6 rings (SSSR count). The van der Waals surface area contributed by atoms with Crippen LogP contribution in [0.1, 0.15) is 28.8 Å². The van der Waals surface area contributed by atoms with Crippen molar-refractivity contribution in [2.75, 3.05) is 18.0 Å². The third-order valence-corrected chi connectivity index (χ3v) is 6.69. The number of fused-ring (bicyclic) bond motifs is 4. The fourth-order valence-corrected chi connectivity index (χ4v) is 5.36. The van der Waals surface area contributed by atoms with Gasteiger partial charge >= 0.3 is 0 Å². The first-order valence-electron chi connectivity index (χ1n) is 10.2. The number of carbonyl (C=O) groups excluding carboxylic acids is 2. The van der Waals surface area contributed by atoms with Crippen LogP contribution in [-0.2, 0) is 11.2 Å². The van der Waals surface area contributed by atoms with E-state index in [-0.39, 0.29) is 23.8 Å². The molecule has 0 saturated carbocycles. The van der Waals surface area contributed by atoms with Gasteiger partial charge in [0.15, 0.2) is 5.78 Å². The molecule has 2 aliphatic heterocycles. The summed E-state index contributed by atoms with van der Waals surface area (Å²) in [6, 6.07) is 9.86. The van der Waals surface area contributed by atoms with Crippen molar-refractivity contribution >= 4 is 28.5 Å². The number of amides is 1. The average Bonchev–Trinajstić information content (AvgIpc) is 3.42. The average molecular weight is 387 g/mol. The van der Waals surface area contributed by atoms with Crippen LogP contribution in [0.5, 0.6) is 0 Å². The van der Waals surface area contributed by atoms with Crippen LogP contribution < -0.4 is 4.90 Å². The Bertz CT molecular complexity index is 1120. The zero-order valence-corrected chi connectivity index (χ0v) is 15.9. The summed E-state index contributed by atoms with van der Waals surface area (Å²) in [5.41, 5.74) is 2.54. The van der Waals surface area contributed by atoms with E-state index in [1.54, 1.807) is 6.33 Å². The van der Waals surface area contributed by atoms with Crippen LogP contribution in [0.15, 0.2) is 42.9 Å². The summed E-state index contributed by atoms with van der Waals surface area (Å²) in [5.74, 6) is 0.354. The molecule has 2 bridgehead atoms. The van der Waals surface area contributed by atoms with Crippen molar-refractivity contribution in [3.8, 4) is 0 Å². The van der Waals surface area contributed by atoms with Crippen LogP contribution >= 0.6 is 0 Å². The predicted molar refractivity (Wildman–Crippen MR) is 108 cm³/mol. The van der Waals surface area contributed by atoms with Crippen LogP contribution in [0.2, 0.25) is 0 Å². The maximum Gasteiger partial charge on any atom is 0.234 e. The minimum absolute atomic E-state index is 0.00725. The van der Waals surface area contributed by atoms with E-state index in [9.17, 15) is 9.59 Å². The van der Waals surface area contributed by atoms with Crippen LogP contribution in [0, 0.1) is 5.92 Å². The number of Topliss-reactive ketones (excluding diaryl/α,β-unsaturated/α-hetero) is 1. The van der Waals surface area contributed by atoms with Gasteiger partial charge in [0.25, 0.3) is 0 Å². The molecule has 4 heterocycles. The number of benzene rings is 1. The Balaban J connectivity index is 1.26. The summed E-state index contributed by atoms with van der Waals surface area (Å²) in [6.45, 7) is 1.49. The Kier molecular flexibility index (Phi) is 3.54. The van der Waals surface area contributed by atoms with Crippen molar-refractivity contribution in [1.29, 1.82) is 0 Å². The molecule has 1 aromatic carbocycles. The number of aromatic amines is 1. The van der Waals surface area contributed by atoms with Crippen molar-refractivity contribution in [2.24, 2.45) is 5.92 Å². The van der Waals surface area contributed by atoms with Gasteiger partial charge in [-0.2, -0.15) is 0 Å². The molecule has 0 spiro atoms. The maximum absolute atomic E-state index is 13.4. The number of ketones is 1. The predicted octanol–water partition coefficient (Wildman–Crippen LogP) is 2.19. The van der Waals surface area contributed by atoms with E-state index in [2.05, 4.69) is 19.9 Å². The zero-order valence-electron chi connectivity index (χ0n) is 15.9. The van der Waals surface area contributed by atoms with E-state index in [0.29, 0.717) is 12.0 Å². The van der Waals surface area contributed by atoms with Crippen molar-refractivity contribution in [1.82, 2.24) is 19.9 Å². The van der Waals surface area contributed by atoms with Crippen LogP contribution in [0.3, 0.4) is 0 Å². The lowest BCUT2D eigenvalue weighted by atomic mass is 10.0. The molecule has 7 heteroatoms. The molecule has 3 aliphatic rings. The molecule has 1 N–H and O–H groups in total. The Morgan fingerprint density at radius 1 is 1.07 bits per heavy atom. The first kappa shape index (κ1) is 16.7. The van der Waals surface area contributed by atoms with Crippen LogP contribution in [0.4, 0.5) is 5.82 Å². The Morgan fingerprint density at radius 2 is 1.86 bits per heavy atom. The lowest BCUT2D eigenvalue weighted by molar-refractivity contribution is -0.137. The number of carbonyl (C=O) groups is 2. The highest BCUT2D eigenvalue weighted by atomic mass is 16.2. The second-order valence-corrected chi connectivity index (χ2v) is 8.25. The van der Waals surface area contributed by atoms with Gasteiger partial charge in [-0.15, -0.1) is 0 Å². The third-order valence-electron chi connectivity index (χ3n) is 6.69. The summed E-state index contributed by atoms with van der Waals surface area (Å²) in [6.07, 6.45) is 5.94. The molecule has 146 valence electrons. The fourth-order valence-electron chi connectivity index (χ4n) is 5.36. The van der Waals surface area contributed by atoms with Gasteiger partial charge in [-0.05, 0) is 30.9 Å². The van der Waals surface area contributed by atoms with Gasteiger partial charge in [-0.1, -0.05) is 24.3 Å². The monoisotopic (exact) mass is 387 g/mol. The van der Waals surface area contributed by atoms with Gasteiger partial charge in [0.05, 0.1) is 5.39 Å². The summed E-state index contributed by atoms with van der Waals surface area (Å²) in [5, 5.41) is 1.01. The van der Waals surface area contributed by atoms with Crippen molar-refractivity contribution < 1.29 is 9.59 Å². The molecule has 2 aromatic heterocycles. The maximum atomic E-state index is 13.4. The molecule has 2 fully saturated rings. The zero-order chi connectivity index (χ0) is 19.5. The number of hydrogen-bond acceptors (Lipinski definition) is 5. The number of nitrogens with zero attached hydrogens (tertiary/aromatic N) is 4. The first-order valence-corrected chi connectivity index (χ1v) is 10.2. The number of rotatable bonds is 2. The number of anilines is 1. The normalized spacial score (nSPS) is 25.7. The standard InChI is InChI=1S/C22H21N5O2/c28-19-16-4-2-1-3-13(16)9-18(19)22(29)27-14-5-6-15(27)11-26(10-14)21-17-7-8-23-20(17)24-12-25-21/h1-4,7-8,12,14-15,18H,5-6,9-11H2,(H,23,24,25). The molecule has 29 heavy (non-hydrogen) atoms. The largest absolute Gasteiger partial charge is 0.352 e. The fraction of sp³-hybridized carbons (Fsp3) is 0.364. The molecule has 1 amide bonds. The highest BCUT2D eigenvalue weighted by Crippen LogP contribution is 2.37. The Morgan fingerprint density at radius 3 is 2.66 bits per heavy atom. The molecule has 0 radical (unpaired) electrons. The van der Waals surface area contributed by atoms with Crippen LogP contribution in [0.25, 0.3) is 11.0 Å². The molecule has 3 unspecified atom stereocenters. The third kappa shape index (κ3) is 2.43. The van der Waals surface area contributed by atoms with E-state index in [0.717, 1.165) is 48.3 Å². The summed E-state index contributed by atoms with van der Waals surface area (Å²) in [4.78, 5) is 42.5. The summed E-state index contributed by atoms with van der Waals surface area (Å²) < 4.78 is 0. The van der Waals surface area contributed by atoms with Gasteiger partial charge in [-0.25, -0.2) is 9.97 Å². The lowest BCUT2D eigenvalue weighted by Crippen LogP contribution is -2.58. The number of H-pyrrole nitrogens is 1. The second kappa shape index (κ2) is 6.14. The summed E-state index contributed by atoms with van der Waals surface area (Å²) >= 11 is 0. The smallest absolute Gasteiger partial charge is 0.234 e. The molecule has 1 aliphatic carbocycles. The van der Waals surface area contributed by atoms with Gasteiger partial charge in [-0.3, -0.25) is 9.59 Å². The summed E-state index contributed by atoms with van der Waals surface area (Å²) in [7, 11) is 0. The molecule has 2 saturated heterocycles. The molecule has 3 aromatic rings. The van der Waals surface area contributed by atoms with Gasteiger partial charge < -0.3 is 14.8 Å².